The number of halogens is 1. The van der Waals surface area contributed by atoms with Gasteiger partial charge in [0, 0.05) is 5.41 Å². The molecule has 0 amide bonds. The first kappa shape index (κ1) is 11.8. The topological polar surface area (TPSA) is 0 Å². The van der Waals surface area contributed by atoms with Crippen molar-refractivity contribution >= 4 is 0 Å². The highest BCUT2D eigenvalue weighted by atomic mass is 19.1. The molecule has 0 aliphatic heterocycles. The molecular weight excluding hydrogens is 211 g/mol. The summed E-state index contributed by atoms with van der Waals surface area (Å²) in [5.41, 5.74) is 2.39. The lowest BCUT2D eigenvalue weighted by Gasteiger charge is -2.29. The fraction of sp³-hybridized carbons (Fsp3) is 0.250. The predicted molar refractivity (Wildman–Crippen MR) is 69.6 cm³/mol. The molecular formula is C16H17F. The summed E-state index contributed by atoms with van der Waals surface area (Å²) in [6.45, 7) is 4.37. The lowest BCUT2D eigenvalue weighted by molar-refractivity contribution is 0.546. The van der Waals surface area contributed by atoms with Crippen LogP contribution in [-0.4, -0.2) is 0 Å². The minimum absolute atomic E-state index is 0.0467. The average molecular weight is 228 g/mol. The van der Waals surface area contributed by atoms with Crippen LogP contribution < -0.4 is 0 Å². The van der Waals surface area contributed by atoms with E-state index in [1.54, 1.807) is 0 Å². The number of rotatable bonds is 3. The van der Waals surface area contributed by atoms with Crippen LogP contribution in [0.5, 0.6) is 0 Å². The molecule has 1 heteroatoms. The van der Waals surface area contributed by atoms with E-state index >= 15 is 0 Å². The summed E-state index contributed by atoms with van der Waals surface area (Å²) in [6.07, 6.45) is 0.989. The summed E-state index contributed by atoms with van der Waals surface area (Å²) in [5.74, 6) is -0.180. The molecule has 0 heterocycles. The largest absolute Gasteiger partial charge is 0.207 e. The van der Waals surface area contributed by atoms with Crippen molar-refractivity contribution in [2.75, 3.05) is 0 Å². The molecule has 2 rings (SSSR count). The van der Waals surface area contributed by atoms with Crippen LogP contribution in [0.3, 0.4) is 0 Å². The van der Waals surface area contributed by atoms with E-state index in [2.05, 4.69) is 26.0 Å². The highest BCUT2D eigenvalue weighted by molar-refractivity contribution is 5.38. The van der Waals surface area contributed by atoms with Crippen LogP contribution >= 0.6 is 0 Å². The van der Waals surface area contributed by atoms with Gasteiger partial charge in [0.2, 0.25) is 0 Å². The van der Waals surface area contributed by atoms with Crippen molar-refractivity contribution in [1.29, 1.82) is 0 Å². The van der Waals surface area contributed by atoms with Gasteiger partial charge in [-0.05, 0) is 29.7 Å². The molecule has 88 valence electrons. The van der Waals surface area contributed by atoms with Crippen molar-refractivity contribution in [1.82, 2.24) is 0 Å². The first-order valence-electron chi connectivity index (χ1n) is 5.98. The second-order valence-corrected chi connectivity index (χ2v) is 4.56. The van der Waals surface area contributed by atoms with Crippen molar-refractivity contribution in [2.45, 2.75) is 25.7 Å². The molecule has 0 saturated carbocycles. The maximum Gasteiger partial charge on any atom is 0.123 e. The fourth-order valence-corrected chi connectivity index (χ4v) is 2.20. The van der Waals surface area contributed by atoms with Gasteiger partial charge >= 0.3 is 0 Å². The van der Waals surface area contributed by atoms with E-state index in [0.717, 1.165) is 12.0 Å². The minimum Gasteiger partial charge on any atom is -0.207 e. The molecule has 0 radical (unpaired) electrons. The van der Waals surface area contributed by atoms with Gasteiger partial charge in [-0.3, -0.25) is 0 Å². The molecule has 0 nitrogen and oxygen atoms in total. The van der Waals surface area contributed by atoms with Gasteiger partial charge in [-0.25, -0.2) is 4.39 Å². The molecule has 0 aromatic heterocycles. The van der Waals surface area contributed by atoms with Gasteiger partial charge in [-0.2, -0.15) is 0 Å². The van der Waals surface area contributed by atoms with E-state index in [4.69, 9.17) is 0 Å². The van der Waals surface area contributed by atoms with Crippen molar-refractivity contribution in [3.05, 3.63) is 71.5 Å². The molecule has 0 spiro atoms. The van der Waals surface area contributed by atoms with E-state index in [0.29, 0.717) is 0 Å². The second-order valence-electron chi connectivity index (χ2n) is 4.56. The zero-order chi connectivity index (χ0) is 12.3. The summed E-state index contributed by atoms with van der Waals surface area (Å²) in [6, 6.07) is 17.2. The van der Waals surface area contributed by atoms with Gasteiger partial charge in [-0.15, -0.1) is 0 Å². The van der Waals surface area contributed by atoms with E-state index in [-0.39, 0.29) is 11.2 Å². The monoisotopic (exact) mass is 228 g/mol. The summed E-state index contributed by atoms with van der Waals surface area (Å²) in [5, 5.41) is 0. The summed E-state index contributed by atoms with van der Waals surface area (Å²) in [7, 11) is 0. The number of hydrogen-bond acceptors (Lipinski definition) is 0. The first-order valence-corrected chi connectivity index (χ1v) is 5.98. The molecule has 0 bridgehead atoms. The Morgan fingerprint density at radius 2 is 1.41 bits per heavy atom. The van der Waals surface area contributed by atoms with Crippen LogP contribution in [0.15, 0.2) is 54.6 Å². The Labute approximate surface area is 102 Å². The summed E-state index contributed by atoms with van der Waals surface area (Å²) < 4.78 is 13.0. The van der Waals surface area contributed by atoms with Crippen LogP contribution in [0.2, 0.25) is 0 Å². The normalized spacial score (nSPS) is 14.3. The van der Waals surface area contributed by atoms with Crippen molar-refractivity contribution in [3.8, 4) is 0 Å². The third kappa shape index (κ3) is 2.23. The molecule has 0 saturated heterocycles. The zero-order valence-electron chi connectivity index (χ0n) is 10.3. The molecule has 1 atom stereocenters. The molecule has 1 unspecified atom stereocenters. The maximum absolute atomic E-state index is 13.0. The van der Waals surface area contributed by atoms with Gasteiger partial charge in [0.1, 0.15) is 5.82 Å². The van der Waals surface area contributed by atoms with E-state index < -0.39 is 0 Å². The first-order chi connectivity index (χ1) is 8.16. The molecule has 0 aliphatic carbocycles. The molecule has 0 aliphatic rings. The van der Waals surface area contributed by atoms with E-state index in [1.165, 1.54) is 17.7 Å². The van der Waals surface area contributed by atoms with Gasteiger partial charge in [-0.1, -0.05) is 56.3 Å². The number of benzene rings is 2. The molecule has 0 fully saturated rings. The van der Waals surface area contributed by atoms with Crippen LogP contribution in [0.25, 0.3) is 0 Å². The van der Waals surface area contributed by atoms with Gasteiger partial charge in [0.05, 0.1) is 0 Å². The smallest absolute Gasteiger partial charge is 0.123 e. The molecule has 2 aromatic rings. The highest BCUT2D eigenvalue weighted by Gasteiger charge is 2.26. The summed E-state index contributed by atoms with van der Waals surface area (Å²) in [4.78, 5) is 0. The standard InChI is InChI=1S/C16H17F/c1-3-16(2,13-7-5-4-6-8-13)14-9-11-15(17)12-10-14/h4-12H,3H2,1-2H3. The molecule has 0 N–H and O–H groups in total. The second kappa shape index (κ2) is 4.70. The van der Waals surface area contributed by atoms with Crippen molar-refractivity contribution in [2.24, 2.45) is 0 Å². The van der Waals surface area contributed by atoms with Crippen molar-refractivity contribution < 1.29 is 4.39 Å². The van der Waals surface area contributed by atoms with E-state index in [9.17, 15) is 4.39 Å². The van der Waals surface area contributed by atoms with E-state index in [1.807, 2.05) is 30.3 Å². The Morgan fingerprint density at radius 3 is 1.94 bits per heavy atom. The Balaban J connectivity index is 2.48. The third-order valence-corrected chi connectivity index (χ3v) is 3.60. The number of hydrogen-bond donors (Lipinski definition) is 0. The third-order valence-electron chi connectivity index (χ3n) is 3.60. The fourth-order valence-electron chi connectivity index (χ4n) is 2.20. The minimum atomic E-state index is -0.180. The van der Waals surface area contributed by atoms with Gasteiger partial charge in [0.25, 0.3) is 0 Å². The Bertz CT molecular complexity index is 473. The maximum atomic E-state index is 13.0. The molecule has 17 heavy (non-hydrogen) atoms. The lowest BCUT2D eigenvalue weighted by atomic mass is 9.74. The average Bonchev–Trinajstić information content (AvgIpc) is 2.40. The highest BCUT2D eigenvalue weighted by Crippen LogP contribution is 2.34. The van der Waals surface area contributed by atoms with Gasteiger partial charge < -0.3 is 0 Å². The van der Waals surface area contributed by atoms with Crippen LogP contribution in [0.1, 0.15) is 31.4 Å². The molecule has 2 aromatic carbocycles. The Morgan fingerprint density at radius 1 is 0.882 bits per heavy atom. The lowest BCUT2D eigenvalue weighted by Crippen LogP contribution is -2.22. The Kier molecular flexibility index (Phi) is 3.28. The van der Waals surface area contributed by atoms with Crippen LogP contribution in [-0.2, 0) is 5.41 Å². The SMILES string of the molecule is CCC(C)(c1ccccc1)c1ccc(F)cc1. The quantitative estimate of drug-likeness (QED) is 0.723. The Hall–Kier alpha value is -1.63. The predicted octanol–water partition coefficient (Wildman–Crippen LogP) is 4.54. The summed E-state index contributed by atoms with van der Waals surface area (Å²) >= 11 is 0. The van der Waals surface area contributed by atoms with Crippen molar-refractivity contribution in [3.63, 3.8) is 0 Å². The van der Waals surface area contributed by atoms with Crippen LogP contribution in [0, 0.1) is 5.82 Å². The van der Waals surface area contributed by atoms with Crippen LogP contribution in [0.4, 0.5) is 4.39 Å². The zero-order valence-corrected chi connectivity index (χ0v) is 10.3. The van der Waals surface area contributed by atoms with Gasteiger partial charge in [0.15, 0.2) is 0 Å².